The van der Waals surface area contributed by atoms with Crippen LogP contribution >= 0.6 is 11.8 Å². The van der Waals surface area contributed by atoms with Crippen LogP contribution in [-0.2, 0) is 4.79 Å². The number of aromatic nitrogens is 4. The number of thioether (sulfide) groups is 1. The van der Waals surface area contributed by atoms with Gasteiger partial charge in [0, 0.05) is 41.8 Å². The quantitative estimate of drug-likeness (QED) is 0.243. The van der Waals surface area contributed by atoms with Crippen molar-refractivity contribution in [3.8, 4) is 17.1 Å². The molecule has 2 heterocycles. The molecule has 0 aliphatic rings. The molecule has 2 aromatic carbocycles. The molecular weight excluding hydrogens is 428 g/mol. The maximum Gasteiger partial charge on any atom is 0.270 e. The van der Waals surface area contributed by atoms with Crippen LogP contribution in [0.2, 0.25) is 0 Å². The molecule has 0 unspecified atom stereocenters. The van der Waals surface area contributed by atoms with E-state index in [1.165, 1.54) is 23.9 Å². The lowest BCUT2D eigenvalue weighted by Crippen LogP contribution is -2.13. The van der Waals surface area contributed by atoms with Crippen LogP contribution in [0, 0.1) is 10.1 Å². The van der Waals surface area contributed by atoms with E-state index < -0.39 is 4.92 Å². The summed E-state index contributed by atoms with van der Waals surface area (Å²) in [7, 11) is 0. The largest absolute Gasteiger partial charge is 0.311 e. The molecule has 0 bridgehead atoms. The Labute approximate surface area is 187 Å². The summed E-state index contributed by atoms with van der Waals surface area (Å²) in [6, 6.07) is 21.1. The molecule has 0 radical (unpaired) electrons. The number of pyridine rings is 1. The number of nitrogens with zero attached hydrogens (tertiary/aromatic N) is 5. The van der Waals surface area contributed by atoms with E-state index in [1.54, 1.807) is 36.5 Å². The molecule has 10 heteroatoms. The van der Waals surface area contributed by atoms with Gasteiger partial charge in [-0.15, -0.1) is 10.2 Å². The number of nitro groups is 1. The van der Waals surface area contributed by atoms with Crippen LogP contribution in [0.4, 0.5) is 11.5 Å². The second kappa shape index (κ2) is 9.84. The third-order valence-corrected chi connectivity index (χ3v) is 5.39. The average molecular weight is 446 g/mol. The predicted octanol–water partition coefficient (Wildman–Crippen LogP) is 4.36. The van der Waals surface area contributed by atoms with Crippen molar-refractivity contribution in [1.29, 1.82) is 0 Å². The van der Waals surface area contributed by atoms with Gasteiger partial charge in [-0.2, -0.15) is 0 Å². The van der Waals surface area contributed by atoms with E-state index in [0.29, 0.717) is 28.1 Å². The molecule has 0 spiro atoms. The van der Waals surface area contributed by atoms with Gasteiger partial charge in [-0.1, -0.05) is 48.2 Å². The fourth-order valence-corrected chi connectivity index (χ4v) is 3.89. The molecule has 0 saturated heterocycles. The van der Waals surface area contributed by atoms with Gasteiger partial charge in [0.05, 0.1) is 4.92 Å². The Balaban J connectivity index is 1.55. The highest BCUT2D eigenvalue weighted by molar-refractivity contribution is 7.99. The molecular formula is C22H18N6O3S. The van der Waals surface area contributed by atoms with Crippen molar-refractivity contribution in [2.24, 2.45) is 0 Å². The van der Waals surface area contributed by atoms with Crippen LogP contribution in [0.5, 0.6) is 0 Å². The normalized spacial score (nSPS) is 10.6. The van der Waals surface area contributed by atoms with Gasteiger partial charge in [0.15, 0.2) is 11.0 Å². The zero-order valence-electron chi connectivity index (χ0n) is 16.8. The predicted molar refractivity (Wildman–Crippen MR) is 122 cm³/mol. The van der Waals surface area contributed by atoms with E-state index in [0.717, 1.165) is 5.69 Å². The lowest BCUT2D eigenvalue weighted by atomic mass is 10.2. The Morgan fingerprint density at radius 2 is 1.84 bits per heavy atom. The summed E-state index contributed by atoms with van der Waals surface area (Å²) >= 11 is 1.38. The lowest BCUT2D eigenvalue weighted by molar-refractivity contribution is -0.384. The molecule has 1 amide bonds. The fraction of sp³-hybridized carbons (Fsp3) is 0.0909. The van der Waals surface area contributed by atoms with Crippen molar-refractivity contribution in [3.63, 3.8) is 0 Å². The number of nitro benzene ring substituents is 1. The number of anilines is 1. The minimum atomic E-state index is -0.442. The standard InChI is InChI=1S/C22H18N6O3S/c29-20(24-19-11-4-5-13-23-19)12-14-32-22-26-25-21(27(22)17-8-2-1-3-9-17)16-7-6-10-18(15-16)28(30)31/h1-11,13,15H,12,14H2,(H,23,24,29). The molecule has 9 nitrogen and oxygen atoms in total. The summed E-state index contributed by atoms with van der Waals surface area (Å²) in [5, 5.41) is 23.1. The SMILES string of the molecule is O=C(CCSc1nnc(-c2cccc([N+](=O)[O-])c2)n1-c1ccccc1)Nc1ccccn1. The summed E-state index contributed by atoms with van der Waals surface area (Å²) in [5.74, 6) is 1.31. The van der Waals surface area contributed by atoms with Crippen LogP contribution in [0.1, 0.15) is 6.42 Å². The van der Waals surface area contributed by atoms with Crippen LogP contribution in [-0.4, -0.2) is 36.3 Å². The van der Waals surface area contributed by atoms with E-state index in [9.17, 15) is 14.9 Å². The molecule has 32 heavy (non-hydrogen) atoms. The third kappa shape index (κ3) is 4.98. The molecule has 0 aliphatic heterocycles. The van der Waals surface area contributed by atoms with Gasteiger partial charge in [-0.05, 0) is 24.3 Å². The average Bonchev–Trinajstić information content (AvgIpc) is 3.24. The number of para-hydroxylation sites is 1. The van der Waals surface area contributed by atoms with Gasteiger partial charge in [0.1, 0.15) is 5.82 Å². The van der Waals surface area contributed by atoms with Crippen LogP contribution < -0.4 is 5.32 Å². The van der Waals surface area contributed by atoms with Gasteiger partial charge in [-0.3, -0.25) is 19.5 Å². The second-order valence-corrected chi connectivity index (χ2v) is 7.71. The van der Waals surface area contributed by atoms with E-state index in [2.05, 4.69) is 20.5 Å². The Bertz CT molecular complexity index is 1230. The zero-order chi connectivity index (χ0) is 22.3. The van der Waals surface area contributed by atoms with E-state index in [1.807, 2.05) is 34.9 Å². The molecule has 0 atom stereocenters. The van der Waals surface area contributed by atoms with Crippen LogP contribution in [0.3, 0.4) is 0 Å². The van der Waals surface area contributed by atoms with E-state index in [4.69, 9.17) is 0 Å². The van der Waals surface area contributed by atoms with Crippen molar-refractivity contribution in [3.05, 3.63) is 89.1 Å². The third-order valence-electron chi connectivity index (χ3n) is 4.46. The summed E-state index contributed by atoms with van der Waals surface area (Å²) in [5.41, 5.74) is 1.38. The Hall–Kier alpha value is -4.05. The number of carbonyl (C=O) groups excluding carboxylic acids is 1. The molecule has 1 N–H and O–H groups in total. The van der Waals surface area contributed by atoms with Crippen molar-refractivity contribution >= 4 is 29.2 Å². The molecule has 4 aromatic rings. The summed E-state index contributed by atoms with van der Waals surface area (Å²) in [6.45, 7) is 0. The van der Waals surface area contributed by atoms with Gasteiger partial charge in [0.2, 0.25) is 5.91 Å². The number of hydrogen-bond acceptors (Lipinski definition) is 7. The van der Waals surface area contributed by atoms with Gasteiger partial charge >= 0.3 is 0 Å². The molecule has 0 aliphatic carbocycles. The summed E-state index contributed by atoms with van der Waals surface area (Å²) in [4.78, 5) is 27.1. The van der Waals surface area contributed by atoms with Gasteiger partial charge in [0.25, 0.3) is 5.69 Å². The Kier molecular flexibility index (Phi) is 6.52. The van der Waals surface area contributed by atoms with Crippen molar-refractivity contribution in [2.45, 2.75) is 11.6 Å². The minimum Gasteiger partial charge on any atom is -0.311 e. The number of amides is 1. The Morgan fingerprint density at radius 3 is 2.59 bits per heavy atom. The number of benzene rings is 2. The first-order valence-corrected chi connectivity index (χ1v) is 10.7. The topological polar surface area (TPSA) is 116 Å². The number of non-ortho nitro benzene ring substituents is 1. The van der Waals surface area contributed by atoms with E-state index in [-0.39, 0.29) is 18.0 Å². The van der Waals surface area contributed by atoms with Crippen LogP contribution in [0.25, 0.3) is 17.1 Å². The van der Waals surface area contributed by atoms with Crippen molar-refractivity contribution in [1.82, 2.24) is 19.7 Å². The number of hydrogen-bond donors (Lipinski definition) is 1. The van der Waals surface area contributed by atoms with Crippen LogP contribution in [0.15, 0.2) is 84.1 Å². The highest BCUT2D eigenvalue weighted by Gasteiger charge is 2.18. The maximum atomic E-state index is 12.2. The first-order chi connectivity index (χ1) is 15.6. The molecule has 0 fully saturated rings. The highest BCUT2D eigenvalue weighted by atomic mass is 32.2. The van der Waals surface area contributed by atoms with E-state index >= 15 is 0 Å². The smallest absolute Gasteiger partial charge is 0.270 e. The molecule has 0 saturated carbocycles. The maximum absolute atomic E-state index is 12.2. The molecule has 160 valence electrons. The first-order valence-electron chi connectivity index (χ1n) is 9.71. The monoisotopic (exact) mass is 446 g/mol. The number of rotatable bonds is 8. The second-order valence-electron chi connectivity index (χ2n) is 6.65. The lowest BCUT2D eigenvalue weighted by Gasteiger charge is -2.10. The number of carbonyl (C=O) groups is 1. The van der Waals surface area contributed by atoms with Gasteiger partial charge < -0.3 is 5.32 Å². The summed E-state index contributed by atoms with van der Waals surface area (Å²) < 4.78 is 1.83. The van der Waals surface area contributed by atoms with Crippen molar-refractivity contribution in [2.75, 3.05) is 11.1 Å². The molecule has 2 aromatic heterocycles. The zero-order valence-corrected chi connectivity index (χ0v) is 17.6. The highest BCUT2D eigenvalue weighted by Crippen LogP contribution is 2.29. The van der Waals surface area contributed by atoms with Crippen molar-refractivity contribution < 1.29 is 9.72 Å². The van der Waals surface area contributed by atoms with Gasteiger partial charge in [-0.25, -0.2) is 4.98 Å². The summed E-state index contributed by atoms with van der Waals surface area (Å²) in [6.07, 6.45) is 1.87. The molecule has 4 rings (SSSR count). The Morgan fingerprint density at radius 1 is 1.03 bits per heavy atom. The minimum absolute atomic E-state index is 0.0227. The fourth-order valence-electron chi connectivity index (χ4n) is 3.00. The number of nitrogens with one attached hydrogen (secondary N) is 1. The first kappa shape index (κ1) is 21.2.